The van der Waals surface area contributed by atoms with Crippen molar-refractivity contribution < 1.29 is 4.74 Å². The van der Waals surface area contributed by atoms with Crippen LogP contribution in [0.15, 0.2) is 12.4 Å². The molecule has 0 amide bonds. The number of hydrogen-bond acceptors (Lipinski definition) is 6. The third-order valence-electron chi connectivity index (χ3n) is 2.48. The topological polar surface area (TPSA) is 77.8 Å². The Bertz CT molecular complexity index is 515. The summed E-state index contributed by atoms with van der Waals surface area (Å²) in [7, 11) is 0. The van der Waals surface area contributed by atoms with E-state index in [0.717, 1.165) is 13.1 Å². The second-order valence-corrected chi connectivity index (χ2v) is 3.77. The molecule has 0 radical (unpaired) electrons. The molecule has 0 aromatic carbocycles. The van der Waals surface area contributed by atoms with Crippen molar-refractivity contribution in [2.45, 2.75) is 27.3 Å². The van der Waals surface area contributed by atoms with Crippen molar-refractivity contribution in [2.24, 2.45) is 0 Å². The Balaban J connectivity index is 2.43. The van der Waals surface area contributed by atoms with Crippen LogP contribution in [0, 0.1) is 0 Å². The number of nitrogens with zero attached hydrogens (tertiary/aromatic N) is 5. The number of anilines is 1. The fourth-order valence-corrected chi connectivity index (χ4v) is 1.66. The molecule has 7 heteroatoms. The minimum absolute atomic E-state index is 0.314. The zero-order valence-corrected chi connectivity index (χ0v) is 11.4. The fraction of sp³-hybridized carbons (Fsp3) is 0.500. The van der Waals surface area contributed by atoms with Crippen molar-refractivity contribution in [1.82, 2.24) is 24.5 Å². The lowest BCUT2D eigenvalue weighted by Gasteiger charge is -2.08. The van der Waals surface area contributed by atoms with E-state index in [1.807, 2.05) is 31.5 Å². The number of rotatable bonds is 6. The van der Waals surface area contributed by atoms with Gasteiger partial charge in [0.1, 0.15) is 0 Å². The molecule has 0 aliphatic rings. The van der Waals surface area contributed by atoms with Gasteiger partial charge in [-0.15, -0.1) is 0 Å². The lowest BCUT2D eigenvalue weighted by atomic mass is 10.5. The van der Waals surface area contributed by atoms with Crippen LogP contribution in [0.1, 0.15) is 20.8 Å². The Morgan fingerprint density at radius 2 is 2.05 bits per heavy atom. The van der Waals surface area contributed by atoms with Gasteiger partial charge in [-0.3, -0.25) is 0 Å². The SMILES string of the molecule is CCNc1nc(OCC)nc(-c2nccn2CC)n1. The van der Waals surface area contributed by atoms with Crippen LogP contribution in [0.2, 0.25) is 0 Å². The maximum Gasteiger partial charge on any atom is 0.321 e. The standard InChI is InChI=1S/C12H18N6O/c1-4-13-11-15-9(16-12(17-11)19-6-3)10-14-7-8-18(10)5-2/h7-8H,4-6H2,1-3H3,(H,13,15,16,17). The van der Waals surface area contributed by atoms with Crippen LogP contribution < -0.4 is 10.1 Å². The van der Waals surface area contributed by atoms with Crippen molar-refractivity contribution >= 4 is 5.95 Å². The van der Waals surface area contributed by atoms with Crippen LogP contribution in [0.25, 0.3) is 11.6 Å². The molecule has 0 saturated heterocycles. The Morgan fingerprint density at radius 1 is 1.21 bits per heavy atom. The Labute approximate surface area is 112 Å². The van der Waals surface area contributed by atoms with Gasteiger partial charge in [-0.2, -0.15) is 15.0 Å². The van der Waals surface area contributed by atoms with Crippen LogP contribution in [0.4, 0.5) is 5.95 Å². The van der Waals surface area contributed by atoms with Gasteiger partial charge in [0.15, 0.2) is 5.82 Å². The van der Waals surface area contributed by atoms with E-state index in [0.29, 0.717) is 30.2 Å². The molecule has 1 N–H and O–H groups in total. The molecule has 0 saturated carbocycles. The summed E-state index contributed by atoms with van der Waals surface area (Å²) in [5, 5.41) is 3.07. The molecule has 102 valence electrons. The predicted octanol–water partition coefficient (Wildman–Crippen LogP) is 1.59. The van der Waals surface area contributed by atoms with Gasteiger partial charge in [0.05, 0.1) is 6.61 Å². The maximum atomic E-state index is 5.37. The normalized spacial score (nSPS) is 10.5. The molecule has 0 bridgehead atoms. The lowest BCUT2D eigenvalue weighted by molar-refractivity contribution is 0.312. The van der Waals surface area contributed by atoms with Crippen LogP contribution >= 0.6 is 0 Å². The Morgan fingerprint density at radius 3 is 2.74 bits per heavy atom. The van der Waals surface area contributed by atoms with Crippen molar-refractivity contribution in [1.29, 1.82) is 0 Å². The zero-order chi connectivity index (χ0) is 13.7. The minimum Gasteiger partial charge on any atom is -0.464 e. The summed E-state index contributed by atoms with van der Waals surface area (Å²) in [4.78, 5) is 17.1. The summed E-state index contributed by atoms with van der Waals surface area (Å²) in [5.74, 6) is 1.73. The average molecular weight is 262 g/mol. The highest BCUT2D eigenvalue weighted by atomic mass is 16.5. The highest BCUT2D eigenvalue weighted by Gasteiger charge is 2.13. The first-order chi connectivity index (χ1) is 9.28. The Hall–Kier alpha value is -2.18. The maximum absolute atomic E-state index is 5.37. The fourth-order valence-electron chi connectivity index (χ4n) is 1.66. The van der Waals surface area contributed by atoms with Gasteiger partial charge >= 0.3 is 6.01 Å². The van der Waals surface area contributed by atoms with Crippen LogP contribution in [-0.2, 0) is 6.54 Å². The number of aryl methyl sites for hydroxylation is 1. The Kier molecular flexibility index (Phi) is 4.27. The molecular formula is C12H18N6O. The molecule has 0 unspecified atom stereocenters. The summed E-state index contributed by atoms with van der Waals surface area (Å²) < 4.78 is 7.34. The third-order valence-corrected chi connectivity index (χ3v) is 2.48. The summed E-state index contributed by atoms with van der Waals surface area (Å²) in [6, 6.07) is 0.314. The second-order valence-electron chi connectivity index (χ2n) is 3.77. The highest BCUT2D eigenvalue weighted by Crippen LogP contribution is 2.17. The average Bonchev–Trinajstić information content (AvgIpc) is 2.87. The molecular weight excluding hydrogens is 244 g/mol. The summed E-state index contributed by atoms with van der Waals surface area (Å²) >= 11 is 0. The van der Waals surface area contributed by atoms with Crippen molar-refractivity contribution in [2.75, 3.05) is 18.5 Å². The largest absolute Gasteiger partial charge is 0.464 e. The smallest absolute Gasteiger partial charge is 0.321 e. The van der Waals surface area contributed by atoms with E-state index < -0.39 is 0 Å². The molecule has 0 atom stereocenters. The molecule has 0 spiro atoms. The van der Waals surface area contributed by atoms with E-state index in [9.17, 15) is 0 Å². The van der Waals surface area contributed by atoms with Crippen molar-refractivity contribution in [3.63, 3.8) is 0 Å². The molecule has 19 heavy (non-hydrogen) atoms. The molecule has 0 aliphatic carbocycles. The van der Waals surface area contributed by atoms with Crippen LogP contribution in [0.3, 0.4) is 0 Å². The number of ether oxygens (including phenoxy) is 1. The quantitative estimate of drug-likeness (QED) is 0.851. The summed E-state index contributed by atoms with van der Waals surface area (Å²) in [6.07, 6.45) is 3.63. The first-order valence-corrected chi connectivity index (χ1v) is 6.42. The van der Waals surface area contributed by atoms with Gasteiger partial charge in [-0.1, -0.05) is 0 Å². The summed E-state index contributed by atoms with van der Waals surface area (Å²) in [5.41, 5.74) is 0. The molecule has 7 nitrogen and oxygen atoms in total. The second kappa shape index (κ2) is 6.12. The third kappa shape index (κ3) is 2.98. The minimum atomic E-state index is 0.314. The van der Waals surface area contributed by atoms with Crippen molar-refractivity contribution in [3.8, 4) is 17.7 Å². The zero-order valence-electron chi connectivity index (χ0n) is 11.4. The predicted molar refractivity (Wildman–Crippen MR) is 72.1 cm³/mol. The molecule has 2 aromatic heterocycles. The first kappa shape index (κ1) is 13.3. The number of hydrogen-bond donors (Lipinski definition) is 1. The van der Waals surface area contributed by atoms with Gasteiger partial charge in [0.25, 0.3) is 0 Å². The van der Waals surface area contributed by atoms with Gasteiger partial charge in [-0.05, 0) is 20.8 Å². The lowest BCUT2D eigenvalue weighted by Crippen LogP contribution is -2.09. The van der Waals surface area contributed by atoms with Gasteiger partial charge in [0.2, 0.25) is 11.8 Å². The number of aromatic nitrogens is 5. The van der Waals surface area contributed by atoms with E-state index >= 15 is 0 Å². The van der Waals surface area contributed by atoms with Gasteiger partial charge in [-0.25, -0.2) is 4.98 Å². The monoisotopic (exact) mass is 262 g/mol. The first-order valence-electron chi connectivity index (χ1n) is 6.42. The van der Waals surface area contributed by atoms with Gasteiger partial charge in [0, 0.05) is 25.5 Å². The number of nitrogens with one attached hydrogen (secondary N) is 1. The number of imidazole rings is 1. The van der Waals surface area contributed by atoms with E-state index in [2.05, 4.69) is 25.3 Å². The van der Waals surface area contributed by atoms with E-state index in [1.165, 1.54) is 0 Å². The van der Waals surface area contributed by atoms with Crippen LogP contribution in [0.5, 0.6) is 6.01 Å². The van der Waals surface area contributed by atoms with E-state index in [-0.39, 0.29) is 0 Å². The molecule has 0 fully saturated rings. The van der Waals surface area contributed by atoms with Crippen LogP contribution in [-0.4, -0.2) is 37.7 Å². The summed E-state index contributed by atoms with van der Waals surface area (Å²) in [6.45, 7) is 7.97. The highest BCUT2D eigenvalue weighted by molar-refractivity contribution is 5.47. The molecule has 2 aromatic rings. The van der Waals surface area contributed by atoms with Gasteiger partial charge < -0.3 is 14.6 Å². The van der Waals surface area contributed by atoms with Crippen molar-refractivity contribution in [3.05, 3.63) is 12.4 Å². The van der Waals surface area contributed by atoms with E-state index in [1.54, 1.807) is 6.20 Å². The molecule has 2 rings (SSSR count). The van der Waals surface area contributed by atoms with E-state index in [4.69, 9.17) is 4.74 Å². The molecule has 2 heterocycles. The molecule has 0 aliphatic heterocycles.